The Bertz CT molecular complexity index is 194. The quantitative estimate of drug-likeness (QED) is 0.529. The summed E-state index contributed by atoms with van der Waals surface area (Å²) in [5, 5.41) is 8.07. The lowest BCUT2D eigenvalue weighted by atomic mass is 10.2. The van der Waals surface area contributed by atoms with Gasteiger partial charge in [-0.05, 0) is 20.4 Å². The van der Waals surface area contributed by atoms with Crippen LogP contribution in [0.25, 0.3) is 0 Å². The Labute approximate surface area is 84.6 Å². The van der Waals surface area contributed by atoms with Gasteiger partial charge in [0.1, 0.15) is 0 Å². The minimum absolute atomic E-state index is 0.000263. The maximum absolute atomic E-state index is 11.1. The van der Waals surface area contributed by atoms with Crippen LogP contribution in [0.4, 0.5) is 0 Å². The zero-order valence-electron chi connectivity index (χ0n) is 9.02. The molecule has 0 bridgehead atoms. The second kappa shape index (κ2) is 7.32. The molecule has 1 atom stereocenters. The Morgan fingerprint density at radius 1 is 1.21 bits per heavy atom. The van der Waals surface area contributed by atoms with E-state index < -0.39 is 0 Å². The van der Waals surface area contributed by atoms with Crippen molar-refractivity contribution in [2.24, 2.45) is 0 Å². The van der Waals surface area contributed by atoms with Gasteiger partial charge in [-0.1, -0.05) is 0 Å². The number of hydrogen-bond donors (Lipinski definition) is 3. The fourth-order valence-electron chi connectivity index (χ4n) is 1.03. The van der Waals surface area contributed by atoms with Gasteiger partial charge in [0, 0.05) is 19.5 Å². The first kappa shape index (κ1) is 12.9. The largest absolute Gasteiger partial charge is 0.359 e. The molecule has 0 aromatic carbocycles. The Hall–Kier alpha value is -1.10. The number of likely N-dealkylation sites (N-methyl/N-ethyl adjacent to an activating group) is 1. The van der Waals surface area contributed by atoms with Crippen LogP contribution in [0, 0.1) is 0 Å². The van der Waals surface area contributed by atoms with Crippen LogP contribution >= 0.6 is 0 Å². The predicted molar refractivity (Wildman–Crippen MR) is 54.8 cm³/mol. The van der Waals surface area contributed by atoms with Crippen LogP contribution in [-0.2, 0) is 9.59 Å². The molecule has 0 radical (unpaired) electrons. The fourth-order valence-corrected chi connectivity index (χ4v) is 1.03. The van der Waals surface area contributed by atoms with Crippen molar-refractivity contribution in [1.82, 2.24) is 16.0 Å². The predicted octanol–water partition coefficient (Wildman–Crippen LogP) is -0.763. The highest BCUT2D eigenvalue weighted by atomic mass is 16.2. The SMILES string of the molecule is CNCC(=O)NC(C)CCC(=O)NC. The zero-order chi connectivity index (χ0) is 11.0. The molecule has 0 spiro atoms. The second-order valence-electron chi connectivity index (χ2n) is 3.21. The molecule has 2 amide bonds. The van der Waals surface area contributed by atoms with Crippen molar-refractivity contribution in [1.29, 1.82) is 0 Å². The van der Waals surface area contributed by atoms with Gasteiger partial charge in [0.05, 0.1) is 6.54 Å². The summed E-state index contributed by atoms with van der Waals surface area (Å²) < 4.78 is 0. The molecule has 0 aliphatic heterocycles. The zero-order valence-corrected chi connectivity index (χ0v) is 9.02. The molecule has 5 nitrogen and oxygen atoms in total. The first-order valence-electron chi connectivity index (χ1n) is 4.74. The molecule has 14 heavy (non-hydrogen) atoms. The standard InChI is InChI=1S/C9H19N3O2/c1-7(4-5-8(13)11-3)12-9(14)6-10-2/h7,10H,4-6H2,1-3H3,(H,11,13)(H,12,14). The summed E-state index contributed by atoms with van der Waals surface area (Å²) in [6.45, 7) is 2.20. The molecule has 3 N–H and O–H groups in total. The Kier molecular flexibility index (Phi) is 6.74. The molecule has 0 fully saturated rings. The summed E-state index contributed by atoms with van der Waals surface area (Å²) in [4.78, 5) is 22.0. The Morgan fingerprint density at radius 3 is 2.36 bits per heavy atom. The molecule has 0 aromatic rings. The lowest BCUT2D eigenvalue weighted by Crippen LogP contribution is -2.38. The topological polar surface area (TPSA) is 70.2 Å². The number of carbonyl (C=O) groups is 2. The van der Waals surface area contributed by atoms with Gasteiger partial charge < -0.3 is 16.0 Å². The summed E-state index contributed by atoms with van der Waals surface area (Å²) in [5.74, 6) is -0.0448. The number of amides is 2. The van der Waals surface area contributed by atoms with Gasteiger partial charge >= 0.3 is 0 Å². The molecule has 82 valence electrons. The van der Waals surface area contributed by atoms with Gasteiger partial charge in [-0.15, -0.1) is 0 Å². The highest BCUT2D eigenvalue weighted by molar-refractivity contribution is 5.78. The number of carbonyl (C=O) groups excluding carboxylic acids is 2. The van der Waals surface area contributed by atoms with E-state index in [0.717, 1.165) is 0 Å². The van der Waals surface area contributed by atoms with Crippen molar-refractivity contribution in [3.63, 3.8) is 0 Å². The van der Waals surface area contributed by atoms with Crippen molar-refractivity contribution in [3.05, 3.63) is 0 Å². The van der Waals surface area contributed by atoms with E-state index in [2.05, 4.69) is 16.0 Å². The van der Waals surface area contributed by atoms with E-state index in [0.29, 0.717) is 19.4 Å². The third-order valence-electron chi connectivity index (χ3n) is 1.83. The summed E-state index contributed by atoms with van der Waals surface area (Å²) in [7, 11) is 3.32. The van der Waals surface area contributed by atoms with Crippen LogP contribution in [0.5, 0.6) is 0 Å². The molecule has 0 aliphatic carbocycles. The van der Waals surface area contributed by atoms with E-state index in [1.54, 1.807) is 14.1 Å². The molecule has 0 saturated carbocycles. The third-order valence-corrected chi connectivity index (χ3v) is 1.83. The van der Waals surface area contributed by atoms with Crippen LogP contribution < -0.4 is 16.0 Å². The minimum Gasteiger partial charge on any atom is -0.359 e. The molecule has 0 saturated heterocycles. The van der Waals surface area contributed by atoms with E-state index >= 15 is 0 Å². The van der Waals surface area contributed by atoms with Crippen molar-refractivity contribution in [3.8, 4) is 0 Å². The van der Waals surface area contributed by atoms with E-state index in [9.17, 15) is 9.59 Å². The highest BCUT2D eigenvalue weighted by Crippen LogP contribution is 1.95. The molecule has 1 unspecified atom stereocenters. The van der Waals surface area contributed by atoms with Crippen LogP contribution in [0.2, 0.25) is 0 Å². The second-order valence-corrected chi connectivity index (χ2v) is 3.21. The van der Waals surface area contributed by atoms with Crippen molar-refractivity contribution < 1.29 is 9.59 Å². The minimum atomic E-state index is -0.0445. The average Bonchev–Trinajstić information content (AvgIpc) is 2.14. The first-order valence-corrected chi connectivity index (χ1v) is 4.74. The number of nitrogens with one attached hydrogen (secondary N) is 3. The van der Waals surface area contributed by atoms with Crippen molar-refractivity contribution in [2.75, 3.05) is 20.6 Å². The normalized spacial score (nSPS) is 11.9. The maximum atomic E-state index is 11.1. The lowest BCUT2D eigenvalue weighted by Gasteiger charge is -2.12. The monoisotopic (exact) mass is 201 g/mol. The van der Waals surface area contributed by atoms with Crippen LogP contribution in [0.15, 0.2) is 0 Å². The van der Waals surface area contributed by atoms with E-state index in [1.165, 1.54) is 0 Å². The fraction of sp³-hybridized carbons (Fsp3) is 0.778. The van der Waals surface area contributed by atoms with Gasteiger partial charge in [-0.2, -0.15) is 0 Å². The summed E-state index contributed by atoms with van der Waals surface area (Å²) in [6, 6.07) is 0.0353. The van der Waals surface area contributed by atoms with Gasteiger partial charge in [-0.25, -0.2) is 0 Å². The number of rotatable bonds is 6. The Morgan fingerprint density at radius 2 is 1.86 bits per heavy atom. The smallest absolute Gasteiger partial charge is 0.234 e. The molecular weight excluding hydrogens is 182 g/mol. The summed E-state index contributed by atoms with van der Waals surface area (Å²) in [5.41, 5.74) is 0. The van der Waals surface area contributed by atoms with E-state index in [4.69, 9.17) is 0 Å². The van der Waals surface area contributed by atoms with Crippen molar-refractivity contribution in [2.45, 2.75) is 25.8 Å². The van der Waals surface area contributed by atoms with Crippen LogP contribution in [0.3, 0.4) is 0 Å². The lowest BCUT2D eigenvalue weighted by molar-refractivity contribution is -0.122. The number of hydrogen-bond acceptors (Lipinski definition) is 3. The first-order chi connectivity index (χ1) is 6.60. The third kappa shape index (κ3) is 6.42. The molecule has 0 heterocycles. The summed E-state index contributed by atoms with van der Waals surface area (Å²) >= 11 is 0. The van der Waals surface area contributed by atoms with E-state index in [1.807, 2.05) is 6.92 Å². The average molecular weight is 201 g/mol. The van der Waals surface area contributed by atoms with Gasteiger partial charge in [0.2, 0.25) is 11.8 Å². The highest BCUT2D eigenvalue weighted by Gasteiger charge is 2.07. The van der Waals surface area contributed by atoms with Gasteiger partial charge in [0.15, 0.2) is 0 Å². The van der Waals surface area contributed by atoms with E-state index in [-0.39, 0.29) is 17.9 Å². The molecule has 0 aliphatic rings. The van der Waals surface area contributed by atoms with Crippen LogP contribution in [0.1, 0.15) is 19.8 Å². The van der Waals surface area contributed by atoms with Gasteiger partial charge in [0.25, 0.3) is 0 Å². The molecule has 0 rings (SSSR count). The van der Waals surface area contributed by atoms with Gasteiger partial charge in [-0.3, -0.25) is 9.59 Å². The molecular formula is C9H19N3O2. The van der Waals surface area contributed by atoms with Crippen LogP contribution in [-0.4, -0.2) is 38.5 Å². The molecule has 0 aromatic heterocycles. The molecule has 5 heteroatoms. The Balaban J connectivity index is 3.59. The summed E-state index contributed by atoms with van der Waals surface area (Å²) in [6.07, 6.45) is 1.10. The van der Waals surface area contributed by atoms with Crippen molar-refractivity contribution >= 4 is 11.8 Å². The maximum Gasteiger partial charge on any atom is 0.234 e.